The first-order valence-electron chi connectivity index (χ1n) is 8.61. The van der Waals surface area contributed by atoms with Crippen molar-refractivity contribution in [2.45, 2.75) is 18.2 Å². The predicted molar refractivity (Wildman–Crippen MR) is 99.3 cm³/mol. The van der Waals surface area contributed by atoms with E-state index in [1.807, 2.05) is 6.92 Å². The maximum Gasteiger partial charge on any atom is 0.320 e. The molecule has 0 aromatic heterocycles. The molecule has 0 N–H and O–H groups in total. The summed E-state index contributed by atoms with van der Waals surface area (Å²) in [5.41, 5.74) is 0.968. The molecular formula is C19H25NO6S. The molecule has 0 amide bonds. The average molecular weight is 395 g/mol. The maximum absolute atomic E-state index is 12.9. The SMILES string of the molecule is C=C[C@@H]1CN(S(=O)(=O)c2ccc(C)cc2)CC[C@@H]1C(C(=O)OC)C(=O)OC. The van der Waals surface area contributed by atoms with Gasteiger partial charge in [0, 0.05) is 13.1 Å². The first-order valence-corrected chi connectivity index (χ1v) is 10.0. The molecule has 0 radical (unpaired) electrons. The van der Waals surface area contributed by atoms with E-state index in [4.69, 9.17) is 9.47 Å². The second-order valence-corrected chi connectivity index (χ2v) is 8.49. The van der Waals surface area contributed by atoms with Crippen molar-refractivity contribution < 1.29 is 27.5 Å². The predicted octanol–water partition coefficient (Wildman–Crippen LogP) is 1.77. The van der Waals surface area contributed by atoms with Crippen molar-refractivity contribution in [2.24, 2.45) is 17.8 Å². The van der Waals surface area contributed by atoms with Crippen molar-refractivity contribution in [1.29, 1.82) is 0 Å². The van der Waals surface area contributed by atoms with Crippen LogP contribution in [-0.2, 0) is 29.1 Å². The molecule has 2 atom stereocenters. The lowest BCUT2D eigenvalue weighted by atomic mass is 9.77. The third-order valence-electron chi connectivity index (χ3n) is 4.98. The molecule has 7 nitrogen and oxygen atoms in total. The van der Waals surface area contributed by atoms with Crippen LogP contribution in [0, 0.1) is 24.7 Å². The van der Waals surface area contributed by atoms with Crippen LogP contribution >= 0.6 is 0 Å². The summed E-state index contributed by atoms with van der Waals surface area (Å²) < 4.78 is 36.7. The molecule has 0 bridgehead atoms. The van der Waals surface area contributed by atoms with Crippen LogP contribution in [0.3, 0.4) is 0 Å². The summed E-state index contributed by atoms with van der Waals surface area (Å²) in [7, 11) is -1.26. The van der Waals surface area contributed by atoms with Crippen molar-refractivity contribution in [3.05, 3.63) is 42.5 Å². The summed E-state index contributed by atoms with van der Waals surface area (Å²) in [6, 6.07) is 6.64. The quantitative estimate of drug-likeness (QED) is 0.414. The Morgan fingerprint density at radius 3 is 2.22 bits per heavy atom. The van der Waals surface area contributed by atoms with E-state index in [2.05, 4.69) is 6.58 Å². The highest BCUT2D eigenvalue weighted by atomic mass is 32.2. The number of hydrogen-bond acceptors (Lipinski definition) is 6. The lowest BCUT2D eigenvalue weighted by Crippen LogP contribution is -2.48. The highest BCUT2D eigenvalue weighted by Gasteiger charge is 2.44. The molecule has 8 heteroatoms. The standard InChI is InChI=1S/C19H25NO6S/c1-5-14-12-20(27(23,24)15-8-6-13(2)7-9-15)11-10-16(14)17(18(21)25-3)19(22)26-4/h5-9,14,16-17H,1,10-12H2,2-4H3/t14-,16+/m1/s1. The van der Waals surface area contributed by atoms with E-state index < -0.39 is 33.8 Å². The fourth-order valence-electron chi connectivity index (χ4n) is 3.41. The van der Waals surface area contributed by atoms with E-state index in [1.165, 1.54) is 18.5 Å². The van der Waals surface area contributed by atoms with Gasteiger partial charge in [-0.15, -0.1) is 6.58 Å². The van der Waals surface area contributed by atoms with Gasteiger partial charge in [0.2, 0.25) is 10.0 Å². The average Bonchev–Trinajstić information content (AvgIpc) is 2.68. The minimum Gasteiger partial charge on any atom is -0.468 e. The van der Waals surface area contributed by atoms with Gasteiger partial charge in [-0.1, -0.05) is 23.8 Å². The van der Waals surface area contributed by atoms with Crippen molar-refractivity contribution in [3.8, 4) is 0 Å². The summed E-state index contributed by atoms with van der Waals surface area (Å²) in [6.07, 6.45) is 1.90. The van der Waals surface area contributed by atoms with Gasteiger partial charge in [-0.05, 0) is 37.3 Å². The first-order chi connectivity index (χ1) is 12.8. The van der Waals surface area contributed by atoms with Gasteiger partial charge in [0.25, 0.3) is 0 Å². The van der Waals surface area contributed by atoms with E-state index in [9.17, 15) is 18.0 Å². The van der Waals surface area contributed by atoms with Gasteiger partial charge in [0.05, 0.1) is 19.1 Å². The smallest absolute Gasteiger partial charge is 0.320 e. The molecule has 1 saturated heterocycles. The lowest BCUT2D eigenvalue weighted by molar-refractivity contribution is -0.163. The molecule has 1 heterocycles. The van der Waals surface area contributed by atoms with Crippen LogP contribution in [0.4, 0.5) is 0 Å². The number of benzene rings is 1. The summed E-state index contributed by atoms with van der Waals surface area (Å²) >= 11 is 0. The normalized spacial score (nSPS) is 20.9. The largest absolute Gasteiger partial charge is 0.468 e. The second kappa shape index (κ2) is 8.67. The Bertz CT molecular complexity index is 786. The van der Waals surface area contributed by atoms with E-state index in [0.29, 0.717) is 6.42 Å². The number of hydrogen-bond donors (Lipinski definition) is 0. The van der Waals surface area contributed by atoms with Crippen molar-refractivity contribution in [1.82, 2.24) is 4.31 Å². The van der Waals surface area contributed by atoms with Crippen molar-refractivity contribution in [2.75, 3.05) is 27.3 Å². The van der Waals surface area contributed by atoms with Gasteiger partial charge in [0.1, 0.15) is 0 Å². The summed E-state index contributed by atoms with van der Waals surface area (Å²) in [6.45, 7) is 5.97. The molecule has 0 unspecified atom stereocenters. The summed E-state index contributed by atoms with van der Waals surface area (Å²) in [4.78, 5) is 24.4. The first kappa shape index (κ1) is 21.1. The molecule has 0 saturated carbocycles. The molecule has 1 aliphatic rings. The van der Waals surface area contributed by atoms with Crippen LogP contribution in [0.25, 0.3) is 0 Å². The van der Waals surface area contributed by atoms with Gasteiger partial charge >= 0.3 is 11.9 Å². The zero-order valence-electron chi connectivity index (χ0n) is 15.8. The number of carbonyl (C=O) groups is 2. The molecule has 27 heavy (non-hydrogen) atoms. The Morgan fingerprint density at radius 2 is 1.74 bits per heavy atom. The Balaban J connectivity index is 2.27. The monoisotopic (exact) mass is 395 g/mol. The Kier molecular flexibility index (Phi) is 6.78. The van der Waals surface area contributed by atoms with Crippen LogP contribution in [0.15, 0.2) is 41.8 Å². The number of sulfonamides is 1. The molecule has 0 spiro atoms. The van der Waals surface area contributed by atoms with Gasteiger partial charge in [0.15, 0.2) is 5.92 Å². The molecule has 1 aromatic carbocycles. The third-order valence-corrected chi connectivity index (χ3v) is 6.86. The second-order valence-electron chi connectivity index (χ2n) is 6.55. The highest BCUT2D eigenvalue weighted by molar-refractivity contribution is 7.89. The Hall–Kier alpha value is -2.19. The summed E-state index contributed by atoms with van der Waals surface area (Å²) in [5.74, 6) is -3.30. The zero-order valence-corrected chi connectivity index (χ0v) is 16.6. The van der Waals surface area contributed by atoms with Crippen molar-refractivity contribution >= 4 is 22.0 Å². The zero-order chi connectivity index (χ0) is 20.2. The van der Waals surface area contributed by atoms with Crippen LogP contribution in [0.1, 0.15) is 12.0 Å². The maximum atomic E-state index is 12.9. The minimum absolute atomic E-state index is 0.134. The van der Waals surface area contributed by atoms with Crippen LogP contribution in [0.5, 0.6) is 0 Å². The summed E-state index contributed by atoms with van der Waals surface area (Å²) in [5, 5.41) is 0. The fraction of sp³-hybridized carbons (Fsp3) is 0.474. The minimum atomic E-state index is -3.67. The van der Waals surface area contributed by atoms with Crippen LogP contribution in [-0.4, -0.2) is 52.0 Å². The van der Waals surface area contributed by atoms with Gasteiger partial charge < -0.3 is 9.47 Å². The third kappa shape index (κ3) is 4.39. The lowest BCUT2D eigenvalue weighted by Gasteiger charge is -2.38. The van der Waals surface area contributed by atoms with Crippen LogP contribution in [0.2, 0.25) is 0 Å². The Labute approximate surface area is 160 Å². The molecular weight excluding hydrogens is 370 g/mol. The number of piperidine rings is 1. The van der Waals surface area contributed by atoms with Gasteiger partial charge in [-0.2, -0.15) is 4.31 Å². The van der Waals surface area contributed by atoms with E-state index >= 15 is 0 Å². The van der Waals surface area contributed by atoms with E-state index in [1.54, 1.807) is 30.3 Å². The van der Waals surface area contributed by atoms with E-state index in [0.717, 1.165) is 5.56 Å². The molecule has 0 aliphatic carbocycles. The number of methoxy groups -OCH3 is 2. The Morgan fingerprint density at radius 1 is 1.19 bits per heavy atom. The number of ether oxygens (including phenoxy) is 2. The van der Waals surface area contributed by atoms with Crippen molar-refractivity contribution in [3.63, 3.8) is 0 Å². The molecule has 1 aromatic rings. The number of esters is 2. The molecule has 1 fully saturated rings. The number of aryl methyl sites for hydroxylation is 1. The van der Waals surface area contributed by atoms with Gasteiger partial charge in [-0.25, -0.2) is 8.42 Å². The topological polar surface area (TPSA) is 90.0 Å². The van der Waals surface area contributed by atoms with Crippen LogP contribution < -0.4 is 0 Å². The highest BCUT2D eigenvalue weighted by Crippen LogP contribution is 2.34. The number of rotatable bonds is 6. The number of carbonyl (C=O) groups excluding carboxylic acids is 2. The molecule has 148 valence electrons. The number of nitrogens with zero attached hydrogens (tertiary/aromatic N) is 1. The molecule has 2 rings (SSSR count). The molecule has 1 aliphatic heterocycles. The van der Waals surface area contributed by atoms with E-state index in [-0.39, 0.29) is 23.9 Å². The van der Waals surface area contributed by atoms with Gasteiger partial charge in [-0.3, -0.25) is 9.59 Å². The fourth-order valence-corrected chi connectivity index (χ4v) is 4.90.